The maximum absolute atomic E-state index is 12.3. The minimum Gasteiger partial charge on any atom is -0.487 e. The first kappa shape index (κ1) is 15.4. The standard InChI is InChI=1S/C19H22N2O2/c20-17-11-10-15(19(22)21-16-8-4-5-9-16)12-18(17)23-13-14-6-2-1-3-7-14/h1-3,6-7,10-12,16H,4-5,8-9,13,20H2,(H,21,22). The highest BCUT2D eigenvalue weighted by Gasteiger charge is 2.18. The van der Waals surface area contributed by atoms with Gasteiger partial charge in [-0.3, -0.25) is 4.79 Å². The van der Waals surface area contributed by atoms with Gasteiger partial charge in [0.2, 0.25) is 0 Å². The normalized spacial score (nSPS) is 14.6. The van der Waals surface area contributed by atoms with E-state index in [2.05, 4.69) is 5.32 Å². The van der Waals surface area contributed by atoms with Crippen LogP contribution in [0.2, 0.25) is 0 Å². The lowest BCUT2D eigenvalue weighted by atomic mass is 10.1. The molecule has 0 radical (unpaired) electrons. The van der Waals surface area contributed by atoms with Gasteiger partial charge in [0.1, 0.15) is 12.4 Å². The number of rotatable bonds is 5. The molecule has 4 heteroatoms. The summed E-state index contributed by atoms with van der Waals surface area (Å²) in [4.78, 5) is 12.3. The quantitative estimate of drug-likeness (QED) is 0.831. The fourth-order valence-corrected chi connectivity index (χ4v) is 2.87. The van der Waals surface area contributed by atoms with Crippen LogP contribution < -0.4 is 15.8 Å². The van der Waals surface area contributed by atoms with E-state index in [1.54, 1.807) is 18.2 Å². The zero-order valence-electron chi connectivity index (χ0n) is 13.1. The number of hydrogen-bond donors (Lipinski definition) is 2. The summed E-state index contributed by atoms with van der Waals surface area (Å²) < 4.78 is 5.78. The van der Waals surface area contributed by atoms with E-state index in [4.69, 9.17) is 10.5 Å². The van der Waals surface area contributed by atoms with Crippen LogP contribution in [0.3, 0.4) is 0 Å². The molecule has 0 heterocycles. The van der Waals surface area contributed by atoms with Crippen LogP contribution in [0, 0.1) is 0 Å². The molecular weight excluding hydrogens is 288 g/mol. The Kier molecular flexibility index (Phi) is 4.81. The smallest absolute Gasteiger partial charge is 0.251 e. The first-order valence-corrected chi connectivity index (χ1v) is 8.09. The van der Waals surface area contributed by atoms with Gasteiger partial charge < -0.3 is 15.8 Å². The molecule has 23 heavy (non-hydrogen) atoms. The van der Waals surface area contributed by atoms with Crippen molar-refractivity contribution in [2.45, 2.75) is 38.3 Å². The predicted octanol–water partition coefficient (Wildman–Crippen LogP) is 3.52. The average Bonchev–Trinajstić information content (AvgIpc) is 3.08. The second kappa shape index (κ2) is 7.18. The Bertz CT molecular complexity index is 664. The average molecular weight is 310 g/mol. The summed E-state index contributed by atoms with van der Waals surface area (Å²) in [6, 6.07) is 15.4. The second-order valence-electron chi connectivity index (χ2n) is 5.98. The van der Waals surface area contributed by atoms with E-state index in [0.717, 1.165) is 18.4 Å². The van der Waals surface area contributed by atoms with Crippen molar-refractivity contribution >= 4 is 11.6 Å². The lowest BCUT2D eigenvalue weighted by molar-refractivity contribution is 0.0937. The van der Waals surface area contributed by atoms with Crippen molar-refractivity contribution in [3.63, 3.8) is 0 Å². The van der Waals surface area contributed by atoms with E-state index < -0.39 is 0 Å². The van der Waals surface area contributed by atoms with E-state index in [1.165, 1.54) is 12.8 Å². The third-order valence-electron chi connectivity index (χ3n) is 4.20. The van der Waals surface area contributed by atoms with Crippen LogP contribution in [0.25, 0.3) is 0 Å². The molecule has 4 nitrogen and oxygen atoms in total. The number of nitrogens with two attached hydrogens (primary N) is 1. The van der Waals surface area contributed by atoms with E-state index >= 15 is 0 Å². The van der Waals surface area contributed by atoms with Gasteiger partial charge in [0.15, 0.2) is 0 Å². The number of carbonyl (C=O) groups excluding carboxylic acids is 1. The van der Waals surface area contributed by atoms with Crippen LogP contribution in [0.5, 0.6) is 5.75 Å². The number of nitrogens with one attached hydrogen (secondary N) is 1. The van der Waals surface area contributed by atoms with E-state index in [9.17, 15) is 4.79 Å². The van der Waals surface area contributed by atoms with Crippen molar-refractivity contribution in [1.29, 1.82) is 0 Å². The molecule has 0 spiro atoms. The molecule has 0 atom stereocenters. The Hall–Kier alpha value is -2.49. The summed E-state index contributed by atoms with van der Waals surface area (Å²) in [5.41, 5.74) is 8.16. The molecule has 2 aromatic carbocycles. The zero-order valence-corrected chi connectivity index (χ0v) is 13.1. The summed E-state index contributed by atoms with van der Waals surface area (Å²) in [5, 5.41) is 3.08. The topological polar surface area (TPSA) is 64.4 Å². The molecule has 0 aliphatic heterocycles. The maximum atomic E-state index is 12.3. The van der Waals surface area contributed by atoms with E-state index in [1.807, 2.05) is 30.3 Å². The van der Waals surface area contributed by atoms with Crippen LogP contribution >= 0.6 is 0 Å². The molecule has 2 aromatic rings. The monoisotopic (exact) mass is 310 g/mol. The third-order valence-corrected chi connectivity index (χ3v) is 4.20. The molecule has 3 rings (SSSR count). The summed E-state index contributed by atoms with van der Waals surface area (Å²) in [5.74, 6) is 0.495. The number of hydrogen-bond acceptors (Lipinski definition) is 3. The minimum absolute atomic E-state index is 0.0542. The van der Waals surface area contributed by atoms with Crippen LogP contribution in [-0.2, 0) is 6.61 Å². The van der Waals surface area contributed by atoms with Gasteiger partial charge >= 0.3 is 0 Å². The molecular formula is C19H22N2O2. The molecule has 120 valence electrons. The molecule has 1 fully saturated rings. The number of anilines is 1. The molecule has 0 unspecified atom stereocenters. The highest BCUT2D eigenvalue weighted by molar-refractivity contribution is 5.95. The Morgan fingerprint density at radius 3 is 2.61 bits per heavy atom. The molecule has 1 saturated carbocycles. The van der Waals surface area contributed by atoms with Gasteiger partial charge in [-0.05, 0) is 36.6 Å². The number of carbonyl (C=O) groups is 1. The summed E-state index contributed by atoms with van der Waals surface area (Å²) in [7, 11) is 0. The van der Waals surface area contributed by atoms with Crippen LogP contribution in [0.1, 0.15) is 41.6 Å². The van der Waals surface area contributed by atoms with Crippen molar-refractivity contribution in [2.75, 3.05) is 5.73 Å². The fraction of sp³-hybridized carbons (Fsp3) is 0.316. The zero-order chi connectivity index (χ0) is 16.1. The van der Waals surface area contributed by atoms with Gasteiger partial charge in [0.25, 0.3) is 5.91 Å². The highest BCUT2D eigenvalue weighted by atomic mass is 16.5. The first-order valence-electron chi connectivity index (χ1n) is 8.09. The third kappa shape index (κ3) is 4.03. The highest BCUT2D eigenvalue weighted by Crippen LogP contribution is 2.24. The van der Waals surface area contributed by atoms with E-state index in [0.29, 0.717) is 29.6 Å². The Labute approximate surface area is 136 Å². The van der Waals surface area contributed by atoms with Gasteiger partial charge in [0.05, 0.1) is 5.69 Å². The molecule has 0 saturated heterocycles. The van der Waals surface area contributed by atoms with Gasteiger partial charge in [-0.2, -0.15) is 0 Å². The minimum atomic E-state index is -0.0542. The van der Waals surface area contributed by atoms with Crippen LogP contribution in [0.4, 0.5) is 5.69 Å². The summed E-state index contributed by atoms with van der Waals surface area (Å²) >= 11 is 0. The van der Waals surface area contributed by atoms with Gasteiger partial charge in [0, 0.05) is 11.6 Å². The maximum Gasteiger partial charge on any atom is 0.251 e. The molecule has 0 aromatic heterocycles. The Morgan fingerprint density at radius 2 is 1.87 bits per heavy atom. The number of benzene rings is 2. The number of nitrogen functional groups attached to an aromatic ring is 1. The van der Waals surface area contributed by atoms with Crippen molar-refractivity contribution in [3.05, 3.63) is 59.7 Å². The SMILES string of the molecule is Nc1ccc(C(=O)NC2CCCC2)cc1OCc1ccccc1. The molecule has 1 aliphatic carbocycles. The molecule has 1 aliphatic rings. The summed E-state index contributed by atoms with van der Waals surface area (Å²) in [6.45, 7) is 0.429. The Morgan fingerprint density at radius 1 is 1.13 bits per heavy atom. The lowest BCUT2D eigenvalue weighted by Crippen LogP contribution is -2.32. The molecule has 3 N–H and O–H groups in total. The number of ether oxygens (including phenoxy) is 1. The lowest BCUT2D eigenvalue weighted by Gasteiger charge is -2.14. The van der Waals surface area contributed by atoms with Crippen molar-refractivity contribution in [3.8, 4) is 5.75 Å². The van der Waals surface area contributed by atoms with E-state index in [-0.39, 0.29) is 5.91 Å². The van der Waals surface area contributed by atoms with Crippen molar-refractivity contribution < 1.29 is 9.53 Å². The number of amides is 1. The van der Waals surface area contributed by atoms with Crippen molar-refractivity contribution in [1.82, 2.24) is 5.32 Å². The molecule has 1 amide bonds. The molecule has 0 bridgehead atoms. The largest absolute Gasteiger partial charge is 0.487 e. The van der Waals surface area contributed by atoms with Gasteiger partial charge in [-0.15, -0.1) is 0 Å². The Balaban J connectivity index is 1.67. The predicted molar refractivity (Wildman–Crippen MR) is 91.4 cm³/mol. The van der Waals surface area contributed by atoms with Crippen LogP contribution in [0.15, 0.2) is 48.5 Å². The second-order valence-corrected chi connectivity index (χ2v) is 5.98. The summed E-state index contributed by atoms with van der Waals surface area (Å²) in [6.07, 6.45) is 4.52. The van der Waals surface area contributed by atoms with Crippen LogP contribution in [-0.4, -0.2) is 11.9 Å². The van der Waals surface area contributed by atoms with Crippen molar-refractivity contribution in [2.24, 2.45) is 0 Å². The van der Waals surface area contributed by atoms with Gasteiger partial charge in [-0.1, -0.05) is 43.2 Å². The van der Waals surface area contributed by atoms with Gasteiger partial charge in [-0.25, -0.2) is 0 Å². The first-order chi connectivity index (χ1) is 11.2. The fourth-order valence-electron chi connectivity index (χ4n) is 2.87.